The van der Waals surface area contributed by atoms with Crippen LogP contribution in [0.25, 0.3) is 0 Å². The Hall–Kier alpha value is -1.80. The van der Waals surface area contributed by atoms with E-state index in [9.17, 15) is 9.00 Å². The van der Waals surface area contributed by atoms with E-state index in [4.69, 9.17) is 32.5 Å². The molecule has 0 aliphatic rings. The monoisotopic (exact) mass is 360 g/mol. The van der Waals surface area contributed by atoms with Gasteiger partial charge in [0.2, 0.25) is 0 Å². The largest absolute Gasteiger partial charge is 0.417 e. The maximum atomic E-state index is 11.8. The van der Waals surface area contributed by atoms with Gasteiger partial charge in [0.05, 0.1) is 15.7 Å². The van der Waals surface area contributed by atoms with E-state index < -0.39 is 17.4 Å². The van der Waals surface area contributed by atoms with Gasteiger partial charge < -0.3 is 4.74 Å². The average Bonchev–Trinajstić information content (AvgIpc) is 2.43. The van der Waals surface area contributed by atoms with Gasteiger partial charge in [-0.25, -0.2) is 9.00 Å². The van der Waals surface area contributed by atoms with Crippen LogP contribution in [0.3, 0.4) is 0 Å². The molecule has 2 aromatic rings. The number of para-hydroxylation sites is 1. The molecule has 116 valence electrons. The van der Waals surface area contributed by atoms with Crippen LogP contribution >= 0.6 is 23.2 Å². The van der Waals surface area contributed by atoms with Gasteiger partial charge in [-0.15, -0.1) is 0 Å². The van der Waals surface area contributed by atoms with Crippen molar-refractivity contribution in [3.63, 3.8) is 0 Å². The normalized spacial score (nSPS) is 11.6. The zero-order valence-electron chi connectivity index (χ0n) is 10.9. The number of rotatable bonds is 4. The highest BCUT2D eigenvalue weighted by Gasteiger charge is 2.14. The van der Waals surface area contributed by atoms with Gasteiger partial charge in [0, 0.05) is 5.69 Å². The van der Waals surface area contributed by atoms with Crippen LogP contribution in [0.1, 0.15) is 0 Å². The number of halogens is 2. The summed E-state index contributed by atoms with van der Waals surface area (Å²) in [5.41, 5.74) is 0.764. The molecule has 0 aliphatic carbocycles. The van der Waals surface area contributed by atoms with Gasteiger partial charge in [0.15, 0.2) is 5.75 Å². The molecule has 9 heteroatoms. The second-order valence-corrected chi connectivity index (χ2v) is 5.52. The first-order chi connectivity index (χ1) is 10.5. The van der Waals surface area contributed by atoms with Crippen LogP contribution in [-0.2, 0) is 11.3 Å². The molecule has 1 unspecified atom stereocenters. The van der Waals surface area contributed by atoms with Crippen LogP contribution in [0, 0.1) is 0 Å². The van der Waals surface area contributed by atoms with Gasteiger partial charge in [0.1, 0.15) is 0 Å². The average molecular weight is 361 g/mol. The molecular weight excluding hydrogens is 351 g/mol. The van der Waals surface area contributed by atoms with Gasteiger partial charge in [-0.2, -0.15) is 0 Å². The number of benzene rings is 2. The highest BCUT2D eigenvalue weighted by Crippen LogP contribution is 2.36. The highest BCUT2D eigenvalue weighted by atomic mass is 35.5. The smallest absolute Gasteiger partial charge is 0.407 e. The van der Waals surface area contributed by atoms with Gasteiger partial charge in [0.25, 0.3) is 11.3 Å². The molecule has 0 spiro atoms. The van der Waals surface area contributed by atoms with Crippen molar-refractivity contribution in [1.29, 1.82) is 0 Å². The minimum Gasteiger partial charge on any atom is -0.407 e. The molecule has 2 rings (SSSR count). The zero-order chi connectivity index (χ0) is 16.1. The third kappa shape index (κ3) is 4.60. The summed E-state index contributed by atoms with van der Waals surface area (Å²) in [7, 11) is 0. The predicted molar refractivity (Wildman–Crippen MR) is 86.9 cm³/mol. The van der Waals surface area contributed by atoms with E-state index in [1.54, 1.807) is 30.3 Å². The first-order valence-electron chi connectivity index (χ1n) is 5.86. The number of hydrogen-bond acceptors (Lipinski definition) is 3. The van der Waals surface area contributed by atoms with E-state index in [0.29, 0.717) is 5.69 Å². The molecule has 0 heterocycles. The number of anilines is 2. The number of carbonyl (C=O) groups is 1. The second-order valence-electron chi connectivity index (χ2n) is 4.00. The zero-order valence-corrected chi connectivity index (χ0v) is 13.2. The lowest BCUT2D eigenvalue weighted by atomic mass is 10.3. The van der Waals surface area contributed by atoms with E-state index in [2.05, 4.69) is 10.0 Å². The standard InChI is InChI=1S/C13H10Cl2N2O4S/c14-10-6-9(17-22(19)20)7-11(15)12(10)21-13(18)16-8-4-2-1-3-5-8/h1-7,17H,(H,16,18)(H,19,20). The first kappa shape index (κ1) is 16.6. The van der Waals surface area contributed by atoms with Crippen LogP contribution in [-0.4, -0.2) is 14.9 Å². The molecule has 0 saturated carbocycles. The lowest BCUT2D eigenvalue weighted by molar-refractivity contribution is 0.215. The molecule has 22 heavy (non-hydrogen) atoms. The van der Waals surface area contributed by atoms with E-state index in [0.717, 1.165) is 0 Å². The minimum atomic E-state index is -2.26. The maximum absolute atomic E-state index is 11.8. The van der Waals surface area contributed by atoms with Crippen molar-refractivity contribution in [2.45, 2.75) is 0 Å². The summed E-state index contributed by atoms with van der Waals surface area (Å²) in [4.78, 5) is 11.8. The van der Waals surface area contributed by atoms with E-state index in [1.807, 2.05) is 0 Å². The van der Waals surface area contributed by atoms with Crippen LogP contribution in [0.5, 0.6) is 5.75 Å². The van der Waals surface area contributed by atoms with Gasteiger partial charge in [-0.3, -0.25) is 14.6 Å². The fourth-order valence-electron chi connectivity index (χ4n) is 1.57. The maximum Gasteiger partial charge on any atom is 0.417 e. The molecule has 6 nitrogen and oxygen atoms in total. The summed E-state index contributed by atoms with van der Waals surface area (Å²) >= 11 is 9.65. The van der Waals surface area contributed by atoms with Crippen LogP contribution in [0.2, 0.25) is 10.0 Å². The molecule has 0 bridgehead atoms. The first-order valence-corrected chi connectivity index (χ1v) is 7.72. The predicted octanol–water partition coefficient (Wildman–Crippen LogP) is 4.15. The molecule has 2 aromatic carbocycles. The third-order valence-corrected chi connectivity index (χ3v) is 3.39. The van der Waals surface area contributed by atoms with Crippen molar-refractivity contribution in [2.75, 3.05) is 10.0 Å². The van der Waals surface area contributed by atoms with Gasteiger partial charge >= 0.3 is 6.09 Å². The van der Waals surface area contributed by atoms with E-state index in [1.165, 1.54) is 12.1 Å². The Morgan fingerprint density at radius 2 is 1.68 bits per heavy atom. The molecule has 0 aliphatic heterocycles. The number of carbonyl (C=O) groups excluding carboxylic acids is 1. The Balaban J connectivity index is 2.12. The highest BCUT2D eigenvalue weighted by molar-refractivity contribution is 7.80. The van der Waals surface area contributed by atoms with Crippen molar-refractivity contribution in [3.05, 3.63) is 52.5 Å². The van der Waals surface area contributed by atoms with Gasteiger partial charge in [-0.05, 0) is 24.3 Å². The Kier molecular flexibility index (Phi) is 5.62. The van der Waals surface area contributed by atoms with Crippen molar-refractivity contribution >= 4 is 51.9 Å². The van der Waals surface area contributed by atoms with Gasteiger partial charge in [-0.1, -0.05) is 41.4 Å². The summed E-state index contributed by atoms with van der Waals surface area (Å²) in [5, 5.41) is 2.54. The summed E-state index contributed by atoms with van der Waals surface area (Å²) in [6.07, 6.45) is -0.763. The van der Waals surface area contributed by atoms with Crippen LogP contribution in [0.4, 0.5) is 16.2 Å². The fraction of sp³-hybridized carbons (Fsp3) is 0. The van der Waals surface area contributed by atoms with Crippen LogP contribution in [0.15, 0.2) is 42.5 Å². The molecular formula is C13H10Cl2N2O4S. The molecule has 0 fully saturated rings. The number of nitrogens with one attached hydrogen (secondary N) is 2. The molecule has 1 amide bonds. The minimum absolute atomic E-state index is 0.0173. The molecule has 0 radical (unpaired) electrons. The Labute approximate surface area is 138 Å². The quantitative estimate of drug-likeness (QED) is 0.714. The molecule has 0 aromatic heterocycles. The van der Waals surface area contributed by atoms with Crippen molar-refractivity contribution < 1.29 is 18.3 Å². The Morgan fingerprint density at radius 3 is 2.23 bits per heavy atom. The summed E-state index contributed by atoms with van der Waals surface area (Å²) in [6.45, 7) is 0. The SMILES string of the molecule is O=C(Nc1ccccc1)Oc1c(Cl)cc(NS(=O)O)cc1Cl. The fourth-order valence-corrected chi connectivity index (χ4v) is 2.46. The number of amides is 1. The second kappa shape index (κ2) is 7.46. The molecule has 0 saturated heterocycles. The van der Waals surface area contributed by atoms with Crippen molar-refractivity contribution in [2.24, 2.45) is 0 Å². The third-order valence-electron chi connectivity index (χ3n) is 2.42. The lowest BCUT2D eigenvalue weighted by Crippen LogP contribution is -2.17. The lowest BCUT2D eigenvalue weighted by Gasteiger charge is -2.11. The van der Waals surface area contributed by atoms with E-state index >= 15 is 0 Å². The summed E-state index contributed by atoms with van der Waals surface area (Å²) in [5.74, 6) is -0.0500. The summed E-state index contributed by atoms with van der Waals surface area (Å²) < 4.78 is 26.7. The van der Waals surface area contributed by atoms with Crippen molar-refractivity contribution in [1.82, 2.24) is 0 Å². The summed E-state index contributed by atoms with van der Waals surface area (Å²) in [6, 6.07) is 11.3. The number of ether oxygens (including phenoxy) is 1. The van der Waals surface area contributed by atoms with Crippen molar-refractivity contribution in [3.8, 4) is 5.75 Å². The number of hydrogen-bond donors (Lipinski definition) is 3. The molecule has 1 atom stereocenters. The topological polar surface area (TPSA) is 87.7 Å². The molecule has 3 N–H and O–H groups in total. The van der Waals surface area contributed by atoms with Crippen LogP contribution < -0.4 is 14.8 Å². The van der Waals surface area contributed by atoms with E-state index in [-0.39, 0.29) is 21.5 Å². The Bertz CT molecular complexity index is 689. The Morgan fingerprint density at radius 1 is 1.09 bits per heavy atom.